The number of rotatable bonds is 5. The van der Waals surface area contributed by atoms with Crippen molar-refractivity contribution in [3.8, 4) is 12.3 Å². The second-order valence-electron chi connectivity index (χ2n) is 3.50. The fourth-order valence-electron chi connectivity index (χ4n) is 1.60. The molecule has 15 heavy (non-hydrogen) atoms. The van der Waals surface area contributed by atoms with E-state index in [1.54, 1.807) is 12.1 Å². The summed E-state index contributed by atoms with van der Waals surface area (Å²) in [6, 6.07) is 6.89. The third kappa shape index (κ3) is 4.14. The molecule has 80 valence electrons. The van der Waals surface area contributed by atoms with Crippen molar-refractivity contribution in [3.63, 3.8) is 0 Å². The van der Waals surface area contributed by atoms with Gasteiger partial charge in [-0.05, 0) is 30.7 Å². The van der Waals surface area contributed by atoms with Crippen molar-refractivity contribution in [1.82, 2.24) is 5.32 Å². The number of likely N-dealkylation sites (N-methyl/N-ethyl adjacent to an activating group) is 1. The normalized spacial score (nSPS) is 12.1. The molecule has 0 aliphatic rings. The molecular weight excluding hydrogens is 189 g/mol. The van der Waals surface area contributed by atoms with Gasteiger partial charge in [0.15, 0.2) is 0 Å². The molecule has 1 rings (SSSR count). The van der Waals surface area contributed by atoms with Crippen molar-refractivity contribution in [3.05, 3.63) is 35.6 Å². The topological polar surface area (TPSA) is 12.0 Å². The molecule has 0 saturated carbocycles. The summed E-state index contributed by atoms with van der Waals surface area (Å²) in [5, 5.41) is 3.29. The summed E-state index contributed by atoms with van der Waals surface area (Å²) >= 11 is 0. The maximum absolute atomic E-state index is 12.9. The number of terminal acetylenes is 1. The minimum absolute atomic E-state index is 0.191. The summed E-state index contributed by atoms with van der Waals surface area (Å²) in [5.74, 6) is 2.44. The molecule has 2 heteroatoms. The van der Waals surface area contributed by atoms with Crippen molar-refractivity contribution < 1.29 is 4.39 Å². The number of hydrogen-bond acceptors (Lipinski definition) is 1. The Morgan fingerprint density at radius 2 is 2.33 bits per heavy atom. The van der Waals surface area contributed by atoms with Gasteiger partial charge in [-0.15, -0.1) is 12.3 Å². The molecule has 0 fully saturated rings. The van der Waals surface area contributed by atoms with Crippen LogP contribution in [0.3, 0.4) is 0 Å². The zero-order valence-corrected chi connectivity index (χ0v) is 8.96. The van der Waals surface area contributed by atoms with E-state index < -0.39 is 0 Å². The van der Waals surface area contributed by atoms with Gasteiger partial charge in [0.1, 0.15) is 5.82 Å². The highest BCUT2D eigenvalue weighted by Crippen LogP contribution is 2.08. The van der Waals surface area contributed by atoms with Crippen LogP contribution >= 0.6 is 0 Å². The van der Waals surface area contributed by atoms with Crippen LogP contribution in [0.1, 0.15) is 18.9 Å². The molecule has 0 heterocycles. The van der Waals surface area contributed by atoms with E-state index in [1.807, 2.05) is 13.0 Å². The average molecular weight is 205 g/mol. The second-order valence-corrected chi connectivity index (χ2v) is 3.50. The van der Waals surface area contributed by atoms with Gasteiger partial charge in [-0.3, -0.25) is 0 Å². The predicted octanol–water partition coefficient (Wildman–Crippen LogP) is 2.37. The summed E-state index contributed by atoms with van der Waals surface area (Å²) in [4.78, 5) is 0. The number of nitrogens with one attached hydrogen (secondary N) is 1. The highest BCUT2D eigenvalue weighted by atomic mass is 19.1. The van der Waals surface area contributed by atoms with E-state index in [9.17, 15) is 4.39 Å². The molecule has 1 nitrogen and oxygen atoms in total. The van der Waals surface area contributed by atoms with Gasteiger partial charge in [-0.2, -0.15) is 0 Å². The average Bonchev–Trinajstić information content (AvgIpc) is 2.18. The lowest BCUT2D eigenvalue weighted by Gasteiger charge is -2.15. The summed E-state index contributed by atoms with van der Waals surface area (Å²) < 4.78 is 12.9. The molecule has 0 amide bonds. The Hall–Kier alpha value is -1.33. The summed E-state index contributed by atoms with van der Waals surface area (Å²) in [5.41, 5.74) is 0.983. The lowest BCUT2D eigenvalue weighted by Crippen LogP contribution is -2.30. The Labute approximate surface area is 90.7 Å². The second kappa shape index (κ2) is 6.21. The Balaban J connectivity index is 2.61. The third-order valence-corrected chi connectivity index (χ3v) is 2.23. The van der Waals surface area contributed by atoms with Crippen LogP contribution in [0.15, 0.2) is 24.3 Å². The standard InChI is InChI=1S/C13H16FN/c1-3-6-13(15-4-2)10-11-7-5-8-12(14)9-11/h1,5,7-9,13,15H,4,6,10H2,2H3. The van der Waals surface area contributed by atoms with E-state index in [0.29, 0.717) is 6.42 Å². The fourth-order valence-corrected chi connectivity index (χ4v) is 1.60. The first-order valence-corrected chi connectivity index (χ1v) is 5.17. The molecule has 1 aromatic carbocycles. The molecule has 0 radical (unpaired) electrons. The van der Waals surface area contributed by atoms with Gasteiger partial charge in [-0.1, -0.05) is 19.1 Å². The van der Waals surface area contributed by atoms with Crippen LogP contribution in [-0.4, -0.2) is 12.6 Å². The Bertz CT molecular complexity index is 341. The molecule has 0 aliphatic heterocycles. The fraction of sp³-hybridized carbons (Fsp3) is 0.385. The zero-order chi connectivity index (χ0) is 11.1. The van der Waals surface area contributed by atoms with E-state index in [4.69, 9.17) is 6.42 Å². The highest BCUT2D eigenvalue weighted by Gasteiger charge is 2.06. The maximum atomic E-state index is 12.9. The first kappa shape index (κ1) is 11.7. The Morgan fingerprint density at radius 3 is 2.93 bits per heavy atom. The minimum Gasteiger partial charge on any atom is -0.313 e. The Kier molecular flexibility index (Phi) is 4.86. The van der Waals surface area contributed by atoms with Crippen LogP contribution in [0.5, 0.6) is 0 Å². The lowest BCUT2D eigenvalue weighted by molar-refractivity contribution is 0.533. The smallest absolute Gasteiger partial charge is 0.123 e. The van der Waals surface area contributed by atoms with E-state index >= 15 is 0 Å². The zero-order valence-electron chi connectivity index (χ0n) is 8.96. The molecule has 1 aromatic rings. The highest BCUT2D eigenvalue weighted by molar-refractivity contribution is 5.17. The van der Waals surface area contributed by atoms with Gasteiger partial charge in [-0.25, -0.2) is 4.39 Å². The van der Waals surface area contributed by atoms with E-state index in [-0.39, 0.29) is 11.9 Å². The van der Waals surface area contributed by atoms with Crippen molar-refractivity contribution >= 4 is 0 Å². The maximum Gasteiger partial charge on any atom is 0.123 e. The van der Waals surface area contributed by atoms with Gasteiger partial charge in [0, 0.05) is 12.5 Å². The SMILES string of the molecule is C#CCC(Cc1cccc(F)c1)NCC. The number of halogens is 1. The summed E-state index contributed by atoms with van der Waals surface area (Å²) in [6.45, 7) is 2.91. The number of benzene rings is 1. The van der Waals surface area contributed by atoms with Crippen LogP contribution in [0, 0.1) is 18.2 Å². The van der Waals surface area contributed by atoms with E-state index in [2.05, 4.69) is 11.2 Å². The molecular formula is C13H16FN. The van der Waals surface area contributed by atoms with Crippen molar-refractivity contribution in [1.29, 1.82) is 0 Å². The van der Waals surface area contributed by atoms with Crippen molar-refractivity contribution in [2.45, 2.75) is 25.8 Å². The van der Waals surface area contributed by atoms with Crippen LogP contribution in [0.25, 0.3) is 0 Å². The molecule has 0 spiro atoms. The minimum atomic E-state index is -0.191. The molecule has 0 aromatic heterocycles. The largest absolute Gasteiger partial charge is 0.313 e. The van der Waals surface area contributed by atoms with Gasteiger partial charge < -0.3 is 5.32 Å². The van der Waals surface area contributed by atoms with Gasteiger partial charge in [0.05, 0.1) is 0 Å². The van der Waals surface area contributed by atoms with Crippen LogP contribution < -0.4 is 5.32 Å². The van der Waals surface area contributed by atoms with Crippen LogP contribution in [0.4, 0.5) is 4.39 Å². The van der Waals surface area contributed by atoms with Crippen LogP contribution in [-0.2, 0) is 6.42 Å². The lowest BCUT2D eigenvalue weighted by atomic mass is 10.0. The Morgan fingerprint density at radius 1 is 1.53 bits per heavy atom. The summed E-state index contributed by atoms with van der Waals surface area (Å²) in [7, 11) is 0. The van der Waals surface area contributed by atoms with Gasteiger partial charge in [0.2, 0.25) is 0 Å². The molecule has 1 N–H and O–H groups in total. The van der Waals surface area contributed by atoms with Crippen LogP contribution in [0.2, 0.25) is 0 Å². The first-order chi connectivity index (χ1) is 7.26. The molecule has 1 unspecified atom stereocenters. The number of hydrogen-bond donors (Lipinski definition) is 1. The quantitative estimate of drug-likeness (QED) is 0.728. The molecule has 0 aliphatic carbocycles. The van der Waals surface area contributed by atoms with Gasteiger partial charge >= 0.3 is 0 Å². The molecule has 0 bridgehead atoms. The van der Waals surface area contributed by atoms with Crippen molar-refractivity contribution in [2.24, 2.45) is 0 Å². The monoisotopic (exact) mass is 205 g/mol. The predicted molar refractivity (Wildman–Crippen MR) is 61.0 cm³/mol. The summed E-state index contributed by atoms with van der Waals surface area (Å²) in [6.07, 6.45) is 6.72. The van der Waals surface area contributed by atoms with Crippen molar-refractivity contribution in [2.75, 3.05) is 6.54 Å². The first-order valence-electron chi connectivity index (χ1n) is 5.17. The molecule has 1 atom stereocenters. The van der Waals surface area contributed by atoms with E-state index in [0.717, 1.165) is 18.5 Å². The molecule has 0 saturated heterocycles. The van der Waals surface area contributed by atoms with E-state index in [1.165, 1.54) is 6.07 Å². The third-order valence-electron chi connectivity index (χ3n) is 2.23. The van der Waals surface area contributed by atoms with Gasteiger partial charge in [0.25, 0.3) is 0 Å².